The largest absolute Gasteiger partial charge is 0.497 e. The number of hydrogen-bond acceptors (Lipinski definition) is 5. The van der Waals surface area contributed by atoms with Crippen molar-refractivity contribution < 1.29 is 14.5 Å². The molecule has 0 aromatic heterocycles. The molecule has 2 atom stereocenters. The van der Waals surface area contributed by atoms with E-state index in [1.807, 2.05) is 24.3 Å². The molecular weight excluding hydrogens is 358 g/mol. The number of non-ortho nitro benzene ring substituents is 1. The van der Waals surface area contributed by atoms with E-state index in [1.54, 1.807) is 26.2 Å². The highest BCUT2D eigenvalue weighted by Crippen LogP contribution is 2.44. The van der Waals surface area contributed by atoms with Crippen molar-refractivity contribution in [1.82, 2.24) is 5.01 Å². The summed E-state index contributed by atoms with van der Waals surface area (Å²) >= 11 is 0. The summed E-state index contributed by atoms with van der Waals surface area (Å²) in [4.78, 5) is 23.5. The van der Waals surface area contributed by atoms with Crippen molar-refractivity contribution in [3.05, 3.63) is 69.3 Å². The number of methoxy groups -OCH3 is 1. The third-order valence-corrected chi connectivity index (χ3v) is 5.50. The zero-order valence-electron chi connectivity index (χ0n) is 15.8. The number of ether oxygens (including phenoxy) is 1. The third kappa shape index (κ3) is 2.93. The number of benzene rings is 2. The molecular formula is C21H21N3O4. The van der Waals surface area contributed by atoms with Crippen LogP contribution in [0.3, 0.4) is 0 Å². The lowest BCUT2D eigenvalue weighted by Gasteiger charge is -2.29. The molecule has 7 heteroatoms. The first-order chi connectivity index (χ1) is 13.5. The third-order valence-electron chi connectivity index (χ3n) is 5.50. The number of aryl methyl sites for hydroxylation is 1. The normalized spacial score (nSPS) is 20.2. The second-order valence-electron chi connectivity index (χ2n) is 7.04. The van der Waals surface area contributed by atoms with Crippen LogP contribution < -0.4 is 4.74 Å². The van der Waals surface area contributed by atoms with Crippen molar-refractivity contribution in [3.8, 4) is 5.75 Å². The van der Waals surface area contributed by atoms with E-state index in [-0.39, 0.29) is 23.6 Å². The Hall–Kier alpha value is -3.22. The zero-order chi connectivity index (χ0) is 19.8. The summed E-state index contributed by atoms with van der Waals surface area (Å²) in [5, 5.41) is 17.5. The van der Waals surface area contributed by atoms with E-state index in [4.69, 9.17) is 9.84 Å². The Labute approximate surface area is 162 Å². The SMILES string of the molecule is CCC(=O)N1N=C2c3ccc(OC)cc3CCC2C1c1cccc([N+](=O)[O-])c1. The van der Waals surface area contributed by atoms with Crippen LogP contribution in [0.25, 0.3) is 0 Å². The smallest absolute Gasteiger partial charge is 0.269 e. The number of carbonyl (C=O) groups is 1. The molecule has 1 heterocycles. The fraction of sp³-hybridized carbons (Fsp3) is 0.333. The number of nitrogens with zero attached hydrogens (tertiary/aromatic N) is 3. The van der Waals surface area contributed by atoms with Crippen molar-refractivity contribution in [2.45, 2.75) is 32.2 Å². The number of nitro benzene ring substituents is 1. The van der Waals surface area contributed by atoms with Gasteiger partial charge in [-0.05, 0) is 42.2 Å². The Morgan fingerprint density at radius 2 is 2.14 bits per heavy atom. The van der Waals surface area contributed by atoms with Crippen LogP contribution in [-0.4, -0.2) is 28.7 Å². The minimum Gasteiger partial charge on any atom is -0.497 e. The van der Waals surface area contributed by atoms with E-state index in [0.29, 0.717) is 6.42 Å². The van der Waals surface area contributed by atoms with Crippen LogP contribution in [0.4, 0.5) is 5.69 Å². The standard InChI is InChI=1S/C21H21N3O4/c1-3-19(25)23-21(14-5-4-6-15(11-14)24(26)27)18-9-7-13-12-16(28-2)8-10-17(13)20(18)22-23/h4-6,8,10-12,18,21H,3,7,9H2,1-2H3. The minimum absolute atomic E-state index is 0.0124. The number of rotatable bonds is 4. The van der Waals surface area contributed by atoms with Crippen LogP contribution in [-0.2, 0) is 11.2 Å². The number of hydrogen-bond donors (Lipinski definition) is 0. The van der Waals surface area contributed by atoms with Crippen molar-refractivity contribution in [2.24, 2.45) is 11.0 Å². The Kier molecular flexibility index (Phi) is 4.58. The summed E-state index contributed by atoms with van der Waals surface area (Å²) in [6.45, 7) is 1.80. The Bertz CT molecular complexity index is 985. The van der Waals surface area contributed by atoms with Gasteiger partial charge in [0.15, 0.2) is 0 Å². The summed E-state index contributed by atoms with van der Waals surface area (Å²) in [5.74, 6) is 0.722. The van der Waals surface area contributed by atoms with Gasteiger partial charge in [-0.2, -0.15) is 5.10 Å². The molecule has 2 unspecified atom stereocenters. The summed E-state index contributed by atoms with van der Waals surface area (Å²) in [6, 6.07) is 12.1. The van der Waals surface area contributed by atoms with Crippen LogP contribution in [0, 0.1) is 16.0 Å². The molecule has 2 aromatic rings. The zero-order valence-corrected chi connectivity index (χ0v) is 15.8. The van der Waals surface area contributed by atoms with Crippen LogP contribution >= 0.6 is 0 Å². The highest BCUT2D eigenvalue weighted by molar-refractivity contribution is 6.07. The molecule has 0 spiro atoms. The second kappa shape index (κ2) is 7.07. The first-order valence-corrected chi connectivity index (χ1v) is 9.35. The number of nitro groups is 1. The molecule has 144 valence electrons. The topological polar surface area (TPSA) is 85.0 Å². The molecule has 1 aliphatic carbocycles. The molecule has 1 amide bonds. The van der Waals surface area contributed by atoms with Gasteiger partial charge in [0, 0.05) is 30.0 Å². The van der Waals surface area contributed by atoms with Gasteiger partial charge in [0.1, 0.15) is 5.75 Å². The number of hydrazone groups is 1. The van der Waals surface area contributed by atoms with Gasteiger partial charge < -0.3 is 4.74 Å². The lowest BCUT2D eigenvalue weighted by Crippen LogP contribution is -2.31. The number of carbonyl (C=O) groups excluding carboxylic acids is 1. The molecule has 0 N–H and O–H groups in total. The average Bonchev–Trinajstić information content (AvgIpc) is 3.12. The Morgan fingerprint density at radius 1 is 1.32 bits per heavy atom. The summed E-state index contributed by atoms with van der Waals surface area (Å²) in [6.07, 6.45) is 1.99. The van der Waals surface area contributed by atoms with Gasteiger partial charge in [-0.15, -0.1) is 0 Å². The minimum atomic E-state index is -0.408. The van der Waals surface area contributed by atoms with Gasteiger partial charge in [0.2, 0.25) is 5.91 Å². The highest BCUT2D eigenvalue weighted by Gasteiger charge is 2.43. The van der Waals surface area contributed by atoms with Gasteiger partial charge in [-0.1, -0.05) is 19.1 Å². The molecule has 4 rings (SSSR count). The molecule has 0 fully saturated rings. The summed E-state index contributed by atoms with van der Waals surface area (Å²) in [5.41, 5.74) is 3.83. The maximum absolute atomic E-state index is 12.6. The summed E-state index contributed by atoms with van der Waals surface area (Å²) < 4.78 is 5.33. The fourth-order valence-electron chi connectivity index (χ4n) is 4.15. The predicted octanol–water partition coefficient (Wildman–Crippen LogP) is 3.86. The van der Waals surface area contributed by atoms with Crippen molar-refractivity contribution in [1.29, 1.82) is 0 Å². The molecule has 7 nitrogen and oxygen atoms in total. The van der Waals surface area contributed by atoms with Crippen LogP contribution in [0.2, 0.25) is 0 Å². The Balaban J connectivity index is 1.79. The molecule has 0 bridgehead atoms. The van der Waals surface area contributed by atoms with E-state index in [9.17, 15) is 14.9 Å². The maximum Gasteiger partial charge on any atom is 0.269 e. The number of fused-ring (bicyclic) bond motifs is 3. The van der Waals surface area contributed by atoms with Crippen LogP contribution in [0.1, 0.15) is 42.5 Å². The van der Waals surface area contributed by atoms with E-state index >= 15 is 0 Å². The molecule has 0 saturated heterocycles. The van der Waals surface area contributed by atoms with Crippen molar-refractivity contribution in [3.63, 3.8) is 0 Å². The molecule has 0 radical (unpaired) electrons. The van der Waals surface area contributed by atoms with Gasteiger partial charge in [-0.25, -0.2) is 5.01 Å². The van der Waals surface area contributed by atoms with Crippen LogP contribution in [0.15, 0.2) is 47.6 Å². The van der Waals surface area contributed by atoms with Gasteiger partial charge in [0.05, 0.1) is 23.8 Å². The quantitative estimate of drug-likeness (QED) is 0.596. The van der Waals surface area contributed by atoms with Gasteiger partial charge in [-0.3, -0.25) is 14.9 Å². The molecule has 0 saturated carbocycles. The molecule has 28 heavy (non-hydrogen) atoms. The van der Waals surface area contributed by atoms with Crippen molar-refractivity contribution >= 4 is 17.3 Å². The molecule has 2 aromatic carbocycles. The lowest BCUT2D eigenvalue weighted by atomic mass is 9.77. The predicted molar refractivity (Wildman–Crippen MR) is 104 cm³/mol. The van der Waals surface area contributed by atoms with E-state index in [0.717, 1.165) is 41.0 Å². The number of amides is 1. The monoisotopic (exact) mass is 379 g/mol. The summed E-state index contributed by atoms with van der Waals surface area (Å²) in [7, 11) is 1.64. The first kappa shape index (κ1) is 18.2. The van der Waals surface area contributed by atoms with E-state index < -0.39 is 4.92 Å². The molecule has 2 aliphatic rings. The molecule has 1 aliphatic heterocycles. The van der Waals surface area contributed by atoms with E-state index in [2.05, 4.69) is 0 Å². The van der Waals surface area contributed by atoms with Gasteiger partial charge >= 0.3 is 0 Å². The van der Waals surface area contributed by atoms with Crippen LogP contribution in [0.5, 0.6) is 5.75 Å². The average molecular weight is 379 g/mol. The Morgan fingerprint density at radius 3 is 2.86 bits per heavy atom. The second-order valence-corrected chi connectivity index (χ2v) is 7.04. The van der Waals surface area contributed by atoms with E-state index in [1.165, 1.54) is 11.1 Å². The maximum atomic E-state index is 12.6. The first-order valence-electron chi connectivity index (χ1n) is 9.35. The highest BCUT2D eigenvalue weighted by atomic mass is 16.6. The fourth-order valence-corrected chi connectivity index (χ4v) is 4.15. The van der Waals surface area contributed by atoms with Crippen molar-refractivity contribution in [2.75, 3.05) is 7.11 Å². The lowest BCUT2D eigenvalue weighted by molar-refractivity contribution is -0.385. The van der Waals surface area contributed by atoms with Gasteiger partial charge in [0.25, 0.3) is 5.69 Å².